The monoisotopic (exact) mass is 482 g/mol. The lowest BCUT2D eigenvalue weighted by atomic mass is 9.45. The molecule has 4 aliphatic carbocycles. The highest BCUT2D eigenvalue weighted by molar-refractivity contribution is 6.34. The molecule has 5 nitrogen and oxygen atoms in total. The van der Waals surface area contributed by atoms with E-state index in [0.29, 0.717) is 12.8 Å². The molecule has 0 aromatic carbocycles. The predicted octanol–water partition coefficient (Wildman–Crippen LogP) is 4.23. The van der Waals surface area contributed by atoms with Crippen LogP contribution in [0.25, 0.3) is 0 Å². The minimum atomic E-state index is -1.66. The zero-order valence-corrected chi connectivity index (χ0v) is 20.8. The first-order valence-corrected chi connectivity index (χ1v) is 12.2. The van der Waals surface area contributed by atoms with Crippen LogP contribution in [0.1, 0.15) is 53.9 Å². The Kier molecular flexibility index (Phi) is 5.55. The van der Waals surface area contributed by atoms with Crippen LogP contribution in [0.3, 0.4) is 0 Å². The van der Waals surface area contributed by atoms with Crippen molar-refractivity contribution in [2.45, 2.75) is 69.7 Å². The number of Topliss-reactive ketones (excluding diaryl/α,β-unsaturated/α-hetero) is 1. The summed E-state index contributed by atoms with van der Waals surface area (Å²) in [5.41, 5.74) is -2.04. The number of allylic oxidation sites excluding steroid dienone is 4. The lowest BCUT2D eigenvalue weighted by Crippen LogP contribution is -2.68. The standard InChI is InChI=1S/C25H32Cl2O5/c1-13-8-19-18-9-14(2)25(31,21(30)12-32-15(3)28)23(18,5)11-20(26)24(19,27)22(4)7-6-16(29)10-17(13)22/h6-7,10,13-14,18-20,31H,8-9,11-12H2,1-5H3/t13-,14-,18-,19-,20-,22-,23-,24-,25-/m0/s1. The van der Waals surface area contributed by atoms with Crippen molar-refractivity contribution in [1.29, 1.82) is 0 Å². The van der Waals surface area contributed by atoms with Crippen molar-refractivity contribution >= 4 is 40.7 Å². The van der Waals surface area contributed by atoms with Gasteiger partial charge in [-0.3, -0.25) is 14.4 Å². The second-order valence-corrected chi connectivity index (χ2v) is 12.0. The minimum absolute atomic E-state index is 0.0326. The van der Waals surface area contributed by atoms with Crippen LogP contribution < -0.4 is 0 Å². The van der Waals surface area contributed by atoms with Crippen molar-refractivity contribution in [3.8, 4) is 0 Å². The number of hydrogen-bond acceptors (Lipinski definition) is 5. The van der Waals surface area contributed by atoms with Crippen LogP contribution in [0.2, 0.25) is 0 Å². The second kappa shape index (κ2) is 7.41. The van der Waals surface area contributed by atoms with Gasteiger partial charge in [0.2, 0.25) is 5.78 Å². The summed E-state index contributed by atoms with van der Waals surface area (Å²) in [6.45, 7) is 8.79. The fourth-order valence-corrected chi connectivity index (χ4v) is 8.94. The van der Waals surface area contributed by atoms with Crippen LogP contribution in [0.4, 0.5) is 0 Å². The molecule has 0 aromatic heterocycles. The van der Waals surface area contributed by atoms with Crippen LogP contribution in [0.15, 0.2) is 23.8 Å². The number of carbonyl (C=O) groups excluding carboxylic acids is 3. The summed E-state index contributed by atoms with van der Waals surface area (Å²) in [6, 6.07) is 0. The van der Waals surface area contributed by atoms with E-state index in [1.54, 1.807) is 12.2 Å². The molecule has 7 heteroatoms. The van der Waals surface area contributed by atoms with Crippen LogP contribution >= 0.6 is 23.2 Å². The number of ether oxygens (including phenoxy) is 1. The molecule has 1 N–H and O–H groups in total. The number of fused-ring (bicyclic) bond motifs is 5. The Morgan fingerprint density at radius 2 is 1.88 bits per heavy atom. The van der Waals surface area contributed by atoms with Crippen molar-refractivity contribution in [1.82, 2.24) is 0 Å². The maximum atomic E-state index is 13.2. The van der Waals surface area contributed by atoms with Gasteiger partial charge in [0.15, 0.2) is 12.4 Å². The third-order valence-electron chi connectivity index (χ3n) is 9.34. The van der Waals surface area contributed by atoms with E-state index in [9.17, 15) is 19.5 Å². The SMILES string of the molecule is CC(=O)OCC(=O)[C@@]1(O)[C@@H](C)C[C@H]2[C@@H]3C[C@H](C)C4=CC(=O)C=C[C@]4(C)[C@@]3(Cl)[C@@H](Cl)C[C@@]21C. The minimum Gasteiger partial charge on any atom is -0.458 e. The Balaban J connectivity index is 1.79. The largest absolute Gasteiger partial charge is 0.458 e. The fourth-order valence-electron chi connectivity index (χ4n) is 7.74. The lowest BCUT2D eigenvalue weighted by molar-refractivity contribution is -0.172. The molecular formula is C25H32Cl2O5. The molecular weight excluding hydrogens is 451 g/mol. The normalized spacial score (nSPS) is 49.6. The highest BCUT2D eigenvalue weighted by atomic mass is 35.5. The molecule has 9 atom stereocenters. The van der Waals surface area contributed by atoms with Gasteiger partial charge in [-0.2, -0.15) is 0 Å². The highest BCUT2D eigenvalue weighted by Crippen LogP contribution is 2.72. The molecule has 176 valence electrons. The Labute approximate surface area is 199 Å². The first kappa shape index (κ1) is 24.0. The van der Waals surface area contributed by atoms with E-state index in [-0.39, 0.29) is 29.5 Å². The van der Waals surface area contributed by atoms with Crippen LogP contribution in [0, 0.1) is 34.5 Å². The molecule has 0 saturated heterocycles. The molecule has 32 heavy (non-hydrogen) atoms. The van der Waals surface area contributed by atoms with E-state index in [2.05, 4.69) is 13.8 Å². The Morgan fingerprint density at radius 3 is 2.50 bits per heavy atom. The molecule has 0 aliphatic heterocycles. The third-order valence-corrected chi connectivity index (χ3v) is 10.9. The third kappa shape index (κ3) is 2.83. The summed E-state index contributed by atoms with van der Waals surface area (Å²) < 4.78 is 4.97. The molecule has 0 amide bonds. The van der Waals surface area contributed by atoms with Gasteiger partial charge < -0.3 is 9.84 Å². The van der Waals surface area contributed by atoms with Gasteiger partial charge in [-0.05, 0) is 55.1 Å². The average molecular weight is 483 g/mol. The first-order valence-electron chi connectivity index (χ1n) is 11.4. The highest BCUT2D eigenvalue weighted by Gasteiger charge is 2.75. The summed E-state index contributed by atoms with van der Waals surface area (Å²) in [7, 11) is 0. The average Bonchev–Trinajstić information content (AvgIpc) is 2.91. The molecule has 0 spiro atoms. The van der Waals surface area contributed by atoms with Crippen LogP contribution in [-0.4, -0.2) is 45.1 Å². The zero-order valence-electron chi connectivity index (χ0n) is 19.3. The van der Waals surface area contributed by atoms with E-state index in [4.69, 9.17) is 27.9 Å². The van der Waals surface area contributed by atoms with E-state index in [1.165, 1.54) is 6.92 Å². The second-order valence-electron chi connectivity index (χ2n) is 10.9. The number of ketones is 2. The van der Waals surface area contributed by atoms with Crippen LogP contribution in [0.5, 0.6) is 0 Å². The van der Waals surface area contributed by atoms with Crippen molar-refractivity contribution in [2.75, 3.05) is 6.61 Å². The molecule has 3 fully saturated rings. The summed E-state index contributed by atoms with van der Waals surface area (Å²) in [5, 5.41) is 11.3. The summed E-state index contributed by atoms with van der Waals surface area (Å²) in [6.07, 6.45) is 6.91. The predicted molar refractivity (Wildman–Crippen MR) is 122 cm³/mol. The molecule has 4 rings (SSSR count). The number of esters is 1. The van der Waals surface area contributed by atoms with Gasteiger partial charge in [0.25, 0.3) is 0 Å². The smallest absolute Gasteiger partial charge is 0.303 e. The van der Waals surface area contributed by atoms with Crippen molar-refractivity contribution in [3.05, 3.63) is 23.8 Å². The number of carbonyl (C=O) groups is 3. The Bertz CT molecular complexity index is 943. The number of alkyl halides is 2. The fraction of sp³-hybridized carbons (Fsp3) is 0.720. The number of hydrogen-bond donors (Lipinski definition) is 1. The van der Waals surface area contributed by atoms with E-state index >= 15 is 0 Å². The Morgan fingerprint density at radius 1 is 1.22 bits per heavy atom. The lowest BCUT2D eigenvalue weighted by Gasteiger charge is -2.65. The first-order chi connectivity index (χ1) is 14.7. The summed E-state index contributed by atoms with van der Waals surface area (Å²) in [5.74, 6) is -1.36. The summed E-state index contributed by atoms with van der Waals surface area (Å²) in [4.78, 5) is 35.8. The Hall–Kier alpha value is -1.17. The molecule has 4 aliphatic rings. The van der Waals surface area contributed by atoms with Gasteiger partial charge in [-0.25, -0.2) is 0 Å². The molecule has 0 heterocycles. The maximum absolute atomic E-state index is 13.2. The number of aliphatic hydroxyl groups is 1. The summed E-state index contributed by atoms with van der Waals surface area (Å²) >= 11 is 14.6. The zero-order chi connectivity index (χ0) is 23.9. The van der Waals surface area contributed by atoms with Gasteiger partial charge in [-0.15, -0.1) is 23.2 Å². The van der Waals surface area contributed by atoms with Crippen molar-refractivity contribution in [3.63, 3.8) is 0 Å². The van der Waals surface area contributed by atoms with Crippen molar-refractivity contribution in [2.24, 2.45) is 34.5 Å². The topological polar surface area (TPSA) is 80.7 Å². The van der Waals surface area contributed by atoms with Gasteiger partial charge in [0.05, 0.1) is 10.3 Å². The van der Waals surface area contributed by atoms with Gasteiger partial charge in [0.1, 0.15) is 5.60 Å². The van der Waals surface area contributed by atoms with E-state index < -0.39 is 45.0 Å². The molecule has 0 unspecified atom stereocenters. The molecule has 0 bridgehead atoms. The molecule has 0 radical (unpaired) electrons. The van der Waals surface area contributed by atoms with Gasteiger partial charge >= 0.3 is 5.97 Å². The van der Waals surface area contributed by atoms with Crippen molar-refractivity contribution < 1.29 is 24.2 Å². The number of halogens is 2. The van der Waals surface area contributed by atoms with Gasteiger partial charge in [-0.1, -0.05) is 39.3 Å². The number of rotatable bonds is 3. The van der Waals surface area contributed by atoms with Gasteiger partial charge in [0, 0.05) is 17.8 Å². The molecule has 3 saturated carbocycles. The quantitative estimate of drug-likeness (QED) is 0.480. The van der Waals surface area contributed by atoms with E-state index in [0.717, 1.165) is 12.0 Å². The van der Waals surface area contributed by atoms with E-state index in [1.807, 2.05) is 19.9 Å². The molecule has 0 aromatic rings. The maximum Gasteiger partial charge on any atom is 0.303 e. The van der Waals surface area contributed by atoms with Crippen LogP contribution in [-0.2, 0) is 19.1 Å².